The summed E-state index contributed by atoms with van der Waals surface area (Å²) in [4.78, 5) is -7.98. The minimum atomic E-state index is -5.74. The van der Waals surface area contributed by atoms with Crippen molar-refractivity contribution in [2.45, 2.75) is 29.4 Å². The Kier molecular flexibility index (Phi) is 8.04. The van der Waals surface area contributed by atoms with Gasteiger partial charge in [0.2, 0.25) is 0 Å². The van der Waals surface area contributed by atoms with Crippen molar-refractivity contribution >= 4 is 82.3 Å². The van der Waals surface area contributed by atoms with E-state index in [1.165, 1.54) is 0 Å². The molecule has 25 heteroatoms. The van der Waals surface area contributed by atoms with Gasteiger partial charge in [0.05, 0.1) is 14.7 Å². The standard InChI is InChI=1S/C20H14O19S6/c21-20-13-2-1-10(40(22,23)24)5-14(13)16(8-18(20)44(34,35)36)45(37,38)39-15-6-11(41(25,26)27)3-9-4-12(42(28,29)30)7-17(19(9)15)43(31,32)33/h1-8,21H,(H,22,23,24)(H,25,26,27)(H,28,29,30)(H,31,32,33)(H,34,35,36). The molecule has 0 radical (unpaired) electrons. The van der Waals surface area contributed by atoms with Gasteiger partial charge in [0, 0.05) is 22.2 Å². The van der Waals surface area contributed by atoms with Crippen LogP contribution in [-0.4, -0.2) is 78.4 Å². The molecule has 4 aromatic rings. The Bertz CT molecular complexity index is 2640. The van der Waals surface area contributed by atoms with Gasteiger partial charge in [0.15, 0.2) is 5.75 Å². The van der Waals surface area contributed by atoms with Gasteiger partial charge in [-0.2, -0.15) is 50.5 Å². The number of aromatic hydroxyl groups is 1. The van der Waals surface area contributed by atoms with E-state index in [0.29, 0.717) is 30.3 Å². The molecule has 0 bridgehead atoms. The zero-order valence-corrected chi connectivity index (χ0v) is 26.0. The molecule has 0 unspecified atom stereocenters. The molecular weight excluding hydrogens is 737 g/mol. The fourth-order valence-electron chi connectivity index (χ4n) is 4.01. The van der Waals surface area contributed by atoms with Crippen molar-refractivity contribution in [1.82, 2.24) is 0 Å². The van der Waals surface area contributed by atoms with Crippen LogP contribution in [0.15, 0.2) is 77.9 Å². The predicted octanol–water partition coefficient (Wildman–Crippen LogP) is 0.700. The molecule has 244 valence electrons. The van der Waals surface area contributed by atoms with Crippen molar-refractivity contribution in [3.8, 4) is 11.5 Å². The maximum absolute atomic E-state index is 13.6. The van der Waals surface area contributed by atoms with Crippen LogP contribution in [-0.2, 0) is 60.7 Å². The van der Waals surface area contributed by atoms with Gasteiger partial charge in [-0.1, -0.05) is 0 Å². The Morgan fingerprint density at radius 3 is 1.42 bits per heavy atom. The molecule has 0 aliphatic carbocycles. The van der Waals surface area contributed by atoms with Gasteiger partial charge in [0.25, 0.3) is 50.6 Å². The number of phenols is 1. The quantitative estimate of drug-likeness (QED) is 0.107. The lowest BCUT2D eigenvalue weighted by atomic mass is 10.1. The molecule has 4 aromatic carbocycles. The van der Waals surface area contributed by atoms with Crippen LogP contribution in [0.4, 0.5) is 0 Å². The summed E-state index contributed by atoms with van der Waals surface area (Å²) in [6.07, 6.45) is 0. The molecule has 0 amide bonds. The van der Waals surface area contributed by atoms with Crippen molar-refractivity contribution in [2.24, 2.45) is 0 Å². The van der Waals surface area contributed by atoms with E-state index >= 15 is 0 Å². The highest BCUT2D eigenvalue weighted by Gasteiger charge is 2.32. The first-order valence-electron chi connectivity index (χ1n) is 10.9. The number of fused-ring (bicyclic) bond motifs is 2. The van der Waals surface area contributed by atoms with E-state index in [0.717, 1.165) is 0 Å². The van der Waals surface area contributed by atoms with Gasteiger partial charge in [0.1, 0.15) is 20.4 Å². The molecule has 6 N–H and O–H groups in total. The molecule has 45 heavy (non-hydrogen) atoms. The smallest absolute Gasteiger partial charge is 0.339 e. The Labute approximate surface area is 253 Å². The summed E-state index contributed by atoms with van der Waals surface area (Å²) in [6, 6.07) is 2.72. The number of benzene rings is 4. The molecule has 0 saturated heterocycles. The van der Waals surface area contributed by atoms with Crippen LogP contribution in [0.3, 0.4) is 0 Å². The van der Waals surface area contributed by atoms with Crippen LogP contribution < -0.4 is 4.18 Å². The van der Waals surface area contributed by atoms with Crippen LogP contribution in [0.1, 0.15) is 0 Å². The first-order valence-corrected chi connectivity index (χ1v) is 19.5. The minimum absolute atomic E-state index is 0.0467. The molecule has 4 rings (SSSR count). The maximum Gasteiger partial charge on any atom is 0.339 e. The second kappa shape index (κ2) is 10.5. The average Bonchev–Trinajstić information content (AvgIpc) is 2.84. The lowest BCUT2D eigenvalue weighted by Gasteiger charge is -2.16. The molecular formula is C20H14O19S6. The average molecular weight is 751 g/mol. The third-order valence-electron chi connectivity index (χ3n) is 5.85. The monoisotopic (exact) mass is 750 g/mol. The van der Waals surface area contributed by atoms with Crippen molar-refractivity contribution in [3.63, 3.8) is 0 Å². The third kappa shape index (κ3) is 6.72. The van der Waals surface area contributed by atoms with Crippen LogP contribution in [0.25, 0.3) is 21.5 Å². The maximum atomic E-state index is 13.6. The Hall–Kier alpha value is -3.50. The lowest BCUT2D eigenvalue weighted by molar-refractivity contribution is 0.446. The van der Waals surface area contributed by atoms with E-state index in [1.807, 2.05) is 0 Å². The van der Waals surface area contributed by atoms with Gasteiger partial charge in [-0.05, 0) is 47.9 Å². The number of phenolic OH excluding ortho intramolecular Hbond substituents is 1. The highest BCUT2D eigenvalue weighted by Crippen LogP contribution is 2.41. The zero-order chi connectivity index (χ0) is 34.3. The zero-order valence-electron chi connectivity index (χ0n) is 21.1. The molecule has 19 nitrogen and oxygen atoms in total. The van der Waals surface area contributed by atoms with Crippen molar-refractivity contribution < 1.29 is 82.6 Å². The predicted molar refractivity (Wildman–Crippen MR) is 146 cm³/mol. The molecule has 0 aliphatic rings. The minimum Gasteiger partial charge on any atom is -0.506 e. The number of rotatable bonds is 8. The molecule has 0 aliphatic heterocycles. The van der Waals surface area contributed by atoms with Gasteiger partial charge >= 0.3 is 10.1 Å². The largest absolute Gasteiger partial charge is 0.506 e. The van der Waals surface area contributed by atoms with E-state index < -0.39 is 123 Å². The second-order valence-electron chi connectivity index (χ2n) is 8.78. The summed E-state index contributed by atoms with van der Waals surface area (Å²) in [5, 5.41) is 6.72. The first-order chi connectivity index (χ1) is 20.1. The summed E-state index contributed by atoms with van der Waals surface area (Å²) in [5.74, 6) is -2.73. The van der Waals surface area contributed by atoms with Gasteiger partial charge in [-0.3, -0.25) is 22.8 Å². The number of hydrogen-bond donors (Lipinski definition) is 6. The molecule has 0 fully saturated rings. The molecule has 0 saturated carbocycles. The van der Waals surface area contributed by atoms with E-state index in [-0.39, 0.29) is 18.2 Å². The Morgan fingerprint density at radius 1 is 0.467 bits per heavy atom. The highest BCUT2D eigenvalue weighted by molar-refractivity contribution is 7.88. The normalized spacial score (nSPS) is 13.7. The van der Waals surface area contributed by atoms with E-state index in [1.54, 1.807) is 0 Å². The summed E-state index contributed by atoms with van der Waals surface area (Å²) in [6.45, 7) is 0. The number of hydrogen-bond acceptors (Lipinski definition) is 14. The van der Waals surface area contributed by atoms with E-state index in [9.17, 15) is 78.4 Å². The lowest BCUT2D eigenvalue weighted by Crippen LogP contribution is -2.14. The van der Waals surface area contributed by atoms with Gasteiger partial charge < -0.3 is 9.29 Å². The molecule has 0 aromatic heterocycles. The Morgan fingerprint density at radius 2 is 0.956 bits per heavy atom. The van der Waals surface area contributed by atoms with Crippen LogP contribution in [0.2, 0.25) is 0 Å². The summed E-state index contributed by atoms with van der Waals surface area (Å²) in [5.41, 5.74) is 0. The van der Waals surface area contributed by atoms with Crippen LogP contribution >= 0.6 is 0 Å². The topological polar surface area (TPSA) is 335 Å². The molecule has 0 spiro atoms. The highest BCUT2D eigenvalue weighted by atomic mass is 32.2. The van der Waals surface area contributed by atoms with Crippen molar-refractivity contribution in [2.75, 3.05) is 0 Å². The SMILES string of the molecule is O=S(=O)(O)c1cc(OS(=O)(=O)c2cc(S(=O)(=O)O)c(O)c3ccc(S(=O)(=O)O)cc23)c2c(S(=O)(=O)O)cc(S(=O)(=O)O)cc2c1. The molecule has 0 heterocycles. The third-order valence-corrected chi connectivity index (χ3v) is 11.4. The van der Waals surface area contributed by atoms with Gasteiger partial charge in [-0.15, -0.1) is 0 Å². The summed E-state index contributed by atoms with van der Waals surface area (Å²) >= 11 is 0. The molecule has 0 atom stereocenters. The van der Waals surface area contributed by atoms with E-state index in [4.69, 9.17) is 4.18 Å². The fraction of sp³-hybridized carbons (Fsp3) is 0. The van der Waals surface area contributed by atoms with Crippen molar-refractivity contribution in [1.29, 1.82) is 0 Å². The van der Waals surface area contributed by atoms with Crippen LogP contribution in [0.5, 0.6) is 11.5 Å². The Balaban J connectivity index is 2.20. The second-order valence-corrected chi connectivity index (χ2v) is 17.3. The van der Waals surface area contributed by atoms with Crippen molar-refractivity contribution in [3.05, 3.63) is 48.5 Å². The van der Waals surface area contributed by atoms with E-state index in [2.05, 4.69) is 0 Å². The summed E-state index contributed by atoms with van der Waals surface area (Å²) in [7, 11) is -32.6. The fourth-order valence-corrected chi connectivity index (χ4v) is 8.27. The first kappa shape index (κ1) is 34.4. The van der Waals surface area contributed by atoms with Gasteiger partial charge in [-0.25, -0.2) is 0 Å². The van der Waals surface area contributed by atoms with Crippen LogP contribution in [0, 0.1) is 0 Å². The summed E-state index contributed by atoms with van der Waals surface area (Å²) < 4.78 is 199.